The van der Waals surface area contributed by atoms with Crippen molar-refractivity contribution in [3.8, 4) is 0 Å². The van der Waals surface area contributed by atoms with Crippen LogP contribution in [0.3, 0.4) is 0 Å². The van der Waals surface area contributed by atoms with Gasteiger partial charge in [0.2, 0.25) is 0 Å². The first-order valence-corrected chi connectivity index (χ1v) is 4.63. The minimum absolute atomic E-state index is 0.281. The Morgan fingerprint density at radius 2 is 2.29 bits per heavy atom. The van der Waals surface area contributed by atoms with Crippen molar-refractivity contribution in [2.24, 2.45) is 5.92 Å². The third kappa shape index (κ3) is 2.22. The molecule has 0 radical (unpaired) electrons. The van der Waals surface area contributed by atoms with Gasteiger partial charge in [-0.1, -0.05) is 0 Å². The topological polar surface area (TPSA) is 12.9 Å². The zero-order chi connectivity index (χ0) is 9.80. The number of allylic oxidation sites excluding steroid dienone is 4. The van der Waals surface area contributed by atoms with Gasteiger partial charge in [-0.3, -0.25) is 4.98 Å². The summed E-state index contributed by atoms with van der Waals surface area (Å²) < 4.78 is 12.6. The number of aromatic nitrogens is 1. The first-order chi connectivity index (χ1) is 6.84. The molecule has 1 aromatic rings. The van der Waals surface area contributed by atoms with Crippen molar-refractivity contribution in [3.63, 3.8) is 0 Å². The maximum absolute atomic E-state index is 12.6. The van der Waals surface area contributed by atoms with Crippen molar-refractivity contribution in [1.29, 1.82) is 0 Å². The van der Waals surface area contributed by atoms with Gasteiger partial charge in [0.05, 0.1) is 24.3 Å². The van der Waals surface area contributed by atoms with Crippen molar-refractivity contribution < 1.29 is 4.39 Å². The van der Waals surface area contributed by atoms with Crippen LogP contribution in [0.4, 0.5) is 4.39 Å². The van der Waals surface area contributed by atoms with Gasteiger partial charge < -0.3 is 0 Å². The summed E-state index contributed by atoms with van der Waals surface area (Å²) in [7, 11) is 0. The molecular weight excluding hydrogens is 177 g/mol. The molecule has 0 saturated carbocycles. The first-order valence-electron chi connectivity index (χ1n) is 4.63. The Morgan fingerprint density at radius 3 is 2.93 bits per heavy atom. The number of hydrogen-bond donors (Lipinski definition) is 0. The van der Waals surface area contributed by atoms with E-state index in [1.54, 1.807) is 6.07 Å². The maximum Gasteiger partial charge on any atom is 0.141 e. The fourth-order valence-corrected chi connectivity index (χ4v) is 1.45. The first kappa shape index (κ1) is 9.00. The van der Waals surface area contributed by atoms with Crippen LogP contribution in [0.15, 0.2) is 42.6 Å². The Labute approximate surface area is 83.0 Å². The number of nitrogens with zero attached hydrogens (tertiary/aromatic N) is 1. The van der Waals surface area contributed by atoms with Crippen LogP contribution >= 0.6 is 0 Å². The Morgan fingerprint density at radius 1 is 1.36 bits per heavy atom. The van der Waals surface area contributed by atoms with Crippen LogP contribution in [0.25, 0.3) is 0 Å². The zero-order valence-corrected chi connectivity index (χ0v) is 7.73. The third-order valence-electron chi connectivity index (χ3n) is 2.17. The Hall–Kier alpha value is -1.57. The van der Waals surface area contributed by atoms with Gasteiger partial charge in [-0.25, -0.2) is 4.39 Å². The molecule has 14 heavy (non-hydrogen) atoms. The largest absolute Gasteiger partial charge is 0.258 e. The van der Waals surface area contributed by atoms with Crippen molar-refractivity contribution in [2.45, 2.75) is 6.42 Å². The molecule has 1 aromatic heterocycles. The van der Waals surface area contributed by atoms with E-state index in [4.69, 9.17) is 0 Å². The number of halogens is 1. The Kier molecular flexibility index (Phi) is 2.63. The molecule has 0 amide bonds. The van der Waals surface area contributed by atoms with Crippen LogP contribution in [0.1, 0.15) is 5.69 Å². The fraction of sp³-hybridized carbons (Fsp3) is 0.167. The molecule has 0 aliphatic heterocycles. The highest BCUT2D eigenvalue weighted by Gasteiger charge is 2.12. The predicted molar refractivity (Wildman–Crippen MR) is 54.0 cm³/mol. The fourth-order valence-electron chi connectivity index (χ4n) is 1.45. The van der Waals surface area contributed by atoms with E-state index in [-0.39, 0.29) is 5.82 Å². The lowest BCUT2D eigenvalue weighted by atomic mass is 9.95. The molecule has 2 rings (SSSR count). The highest BCUT2D eigenvalue weighted by atomic mass is 19.1. The van der Waals surface area contributed by atoms with Crippen LogP contribution in [0.5, 0.6) is 0 Å². The minimum atomic E-state index is -0.281. The van der Waals surface area contributed by atoms with Gasteiger partial charge in [0.15, 0.2) is 0 Å². The summed E-state index contributed by atoms with van der Waals surface area (Å²) in [6, 6.07) is 3.18. The summed E-state index contributed by atoms with van der Waals surface area (Å²) in [5.41, 5.74) is 0.924. The molecule has 0 bridgehead atoms. The van der Waals surface area contributed by atoms with Crippen LogP contribution in [0.2, 0.25) is 0 Å². The van der Waals surface area contributed by atoms with Crippen molar-refractivity contribution in [3.05, 3.63) is 60.6 Å². The van der Waals surface area contributed by atoms with E-state index in [2.05, 4.69) is 17.5 Å². The van der Waals surface area contributed by atoms with Gasteiger partial charge in [-0.05, 0) is 18.2 Å². The molecule has 0 fully saturated rings. The second-order valence-electron chi connectivity index (χ2n) is 3.30. The molecule has 0 N–H and O–H groups in total. The lowest BCUT2D eigenvalue weighted by Gasteiger charge is -2.06. The molecular formula is C12H11FN+. The van der Waals surface area contributed by atoms with Crippen LogP contribution in [-0.2, 0) is 6.42 Å². The molecule has 1 nitrogen and oxygen atoms in total. The van der Waals surface area contributed by atoms with E-state index < -0.39 is 0 Å². The molecule has 1 aliphatic carbocycles. The van der Waals surface area contributed by atoms with E-state index in [1.165, 1.54) is 12.3 Å². The van der Waals surface area contributed by atoms with Crippen molar-refractivity contribution in [2.75, 3.05) is 0 Å². The molecule has 1 atom stereocenters. The minimum Gasteiger partial charge on any atom is -0.258 e. The van der Waals surface area contributed by atoms with E-state index in [0.717, 1.165) is 12.1 Å². The highest BCUT2D eigenvalue weighted by molar-refractivity contribution is 5.21. The molecule has 0 aromatic carbocycles. The standard InChI is InChI=1S/C12H11FN/c13-11-6-7-12(14-9-11)8-10-4-2-1-3-5-10/h1-7,9-10H,8H2/q+1. The average molecular weight is 188 g/mol. The monoisotopic (exact) mass is 188 g/mol. The molecule has 0 saturated heterocycles. The Bertz CT molecular complexity index is 351. The van der Waals surface area contributed by atoms with Crippen molar-refractivity contribution in [1.82, 2.24) is 4.98 Å². The van der Waals surface area contributed by atoms with Gasteiger partial charge in [0.25, 0.3) is 0 Å². The van der Waals surface area contributed by atoms with E-state index in [9.17, 15) is 4.39 Å². The molecule has 1 unspecified atom stereocenters. The van der Waals surface area contributed by atoms with E-state index in [0.29, 0.717) is 5.92 Å². The van der Waals surface area contributed by atoms with Gasteiger partial charge in [-0.15, -0.1) is 0 Å². The van der Waals surface area contributed by atoms with Crippen LogP contribution in [0, 0.1) is 18.2 Å². The quantitative estimate of drug-likeness (QED) is 0.650. The average Bonchev–Trinajstić information content (AvgIpc) is 2.23. The highest BCUT2D eigenvalue weighted by Crippen LogP contribution is 2.15. The normalized spacial score (nSPS) is 19.4. The molecule has 0 spiro atoms. The smallest absolute Gasteiger partial charge is 0.141 e. The zero-order valence-electron chi connectivity index (χ0n) is 7.73. The summed E-state index contributed by atoms with van der Waals surface area (Å²) in [6.07, 6.45) is 12.4. The van der Waals surface area contributed by atoms with E-state index in [1.807, 2.05) is 18.2 Å². The number of hydrogen-bond acceptors (Lipinski definition) is 1. The molecule has 1 aliphatic rings. The summed E-state index contributed by atoms with van der Waals surface area (Å²) in [4.78, 5) is 4.02. The lowest BCUT2D eigenvalue weighted by molar-refractivity contribution is 0.616. The molecule has 1 heterocycles. The van der Waals surface area contributed by atoms with Gasteiger partial charge in [-0.2, -0.15) is 0 Å². The summed E-state index contributed by atoms with van der Waals surface area (Å²) in [6.45, 7) is 0. The predicted octanol–water partition coefficient (Wildman–Crippen LogP) is 2.71. The molecule has 2 heteroatoms. The summed E-state index contributed by atoms with van der Waals surface area (Å²) >= 11 is 0. The summed E-state index contributed by atoms with van der Waals surface area (Å²) in [5, 5.41) is 0. The van der Waals surface area contributed by atoms with Crippen LogP contribution < -0.4 is 0 Å². The SMILES string of the molecule is Fc1ccc(CC2C=CC=C[CH+]2)nc1. The van der Waals surface area contributed by atoms with Gasteiger partial charge in [0, 0.05) is 24.6 Å². The van der Waals surface area contributed by atoms with E-state index >= 15 is 0 Å². The maximum atomic E-state index is 12.6. The second-order valence-corrected chi connectivity index (χ2v) is 3.30. The Balaban J connectivity index is 2.00. The van der Waals surface area contributed by atoms with Crippen molar-refractivity contribution >= 4 is 0 Å². The number of rotatable bonds is 2. The van der Waals surface area contributed by atoms with Gasteiger partial charge >= 0.3 is 0 Å². The third-order valence-corrected chi connectivity index (χ3v) is 2.17. The summed E-state index contributed by atoms with van der Waals surface area (Å²) in [5.74, 6) is 0.106. The number of pyridine rings is 1. The van der Waals surface area contributed by atoms with Crippen LogP contribution in [-0.4, -0.2) is 4.98 Å². The van der Waals surface area contributed by atoms with Gasteiger partial charge in [0.1, 0.15) is 5.82 Å². The lowest BCUT2D eigenvalue weighted by Crippen LogP contribution is -2.04. The second kappa shape index (κ2) is 4.09. The molecule has 70 valence electrons.